The Kier molecular flexibility index (Phi) is 5.99. The fraction of sp³-hybridized carbons (Fsp3) is 0.409. The van der Waals surface area contributed by atoms with Crippen LogP contribution in [0.15, 0.2) is 42.5 Å². The molecule has 0 radical (unpaired) electrons. The highest BCUT2D eigenvalue weighted by atomic mass is 32.2. The fourth-order valence-corrected chi connectivity index (χ4v) is 5.45. The van der Waals surface area contributed by atoms with E-state index in [-0.39, 0.29) is 29.3 Å². The van der Waals surface area contributed by atoms with Crippen molar-refractivity contribution in [3.8, 4) is 11.5 Å². The molecule has 3 N–H and O–H groups in total. The van der Waals surface area contributed by atoms with Gasteiger partial charge < -0.3 is 14.8 Å². The maximum Gasteiger partial charge on any atom is 0.231 e. The lowest BCUT2D eigenvalue weighted by atomic mass is 9.90. The molecule has 2 saturated heterocycles. The highest BCUT2D eigenvalue weighted by molar-refractivity contribution is 8.00. The Hall–Kier alpha value is -2.22. The summed E-state index contributed by atoms with van der Waals surface area (Å²) in [5.74, 6) is 2.10. The lowest BCUT2D eigenvalue weighted by molar-refractivity contribution is -0.119. The van der Waals surface area contributed by atoms with E-state index in [0.29, 0.717) is 18.1 Å². The van der Waals surface area contributed by atoms with Crippen LogP contribution in [0.25, 0.3) is 0 Å². The minimum absolute atomic E-state index is 0.0428. The fourth-order valence-electron chi connectivity index (χ4n) is 4.05. The number of hydrogen-bond donors (Lipinski definition) is 3. The summed E-state index contributed by atoms with van der Waals surface area (Å²) in [6.07, 6.45) is -0.118. The van der Waals surface area contributed by atoms with Gasteiger partial charge in [0.25, 0.3) is 0 Å². The molecule has 2 aromatic rings. The number of carbonyl (C=O) groups is 1. The molecule has 4 unspecified atom stereocenters. The SMILES string of the molecule is COc1cccc(C2SCC(=O)NC3NNC(C)C32)c1OCc1ccccc1C. The minimum atomic E-state index is -0.118. The van der Waals surface area contributed by atoms with Gasteiger partial charge in [0.1, 0.15) is 6.61 Å². The average molecular weight is 414 g/mol. The van der Waals surface area contributed by atoms with Crippen LogP contribution in [0.1, 0.15) is 28.9 Å². The largest absolute Gasteiger partial charge is 0.493 e. The van der Waals surface area contributed by atoms with Crippen molar-refractivity contribution >= 4 is 17.7 Å². The zero-order chi connectivity index (χ0) is 20.4. The lowest BCUT2D eigenvalue weighted by Crippen LogP contribution is -2.46. The van der Waals surface area contributed by atoms with Gasteiger partial charge in [0.2, 0.25) is 5.91 Å². The molecule has 2 heterocycles. The molecule has 4 atom stereocenters. The van der Waals surface area contributed by atoms with Crippen LogP contribution in [0.4, 0.5) is 0 Å². The number of para-hydroxylation sites is 1. The summed E-state index contributed by atoms with van der Waals surface area (Å²) in [4.78, 5) is 12.2. The van der Waals surface area contributed by atoms with Crippen LogP contribution in [-0.4, -0.2) is 31.0 Å². The van der Waals surface area contributed by atoms with Gasteiger partial charge in [0.05, 0.1) is 19.0 Å². The molecule has 6 nitrogen and oxygen atoms in total. The smallest absolute Gasteiger partial charge is 0.231 e. The van der Waals surface area contributed by atoms with Crippen LogP contribution in [0.5, 0.6) is 11.5 Å². The Morgan fingerprint density at radius 2 is 1.97 bits per heavy atom. The molecule has 2 aromatic carbocycles. The van der Waals surface area contributed by atoms with E-state index in [9.17, 15) is 4.79 Å². The number of benzene rings is 2. The van der Waals surface area contributed by atoms with E-state index in [1.807, 2.05) is 24.3 Å². The van der Waals surface area contributed by atoms with Crippen LogP contribution < -0.4 is 25.6 Å². The van der Waals surface area contributed by atoms with Crippen molar-refractivity contribution in [2.75, 3.05) is 12.9 Å². The Bertz CT molecular complexity index is 891. The van der Waals surface area contributed by atoms with E-state index >= 15 is 0 Å². The van der Waals surface area contributed by atoms with Gasteiger partial charge in [-0.25, -0.2) is 5.43 Å². The number of rotatable bonds is 5. The first-order valence-corrected chi connectivity index (χ1v) is 10.9. The third-order valence-electron chi connectivity index (χ3n) is 5.66. The maximum atomic E-state index is 12.2. The van der Waals surface area contributed by atoms with Crippen molar-refractivity contribution in [2.45, 2.75) is 37.9 Å². The number of hydrogen-bond acceptors (Lipinski definition) is 6. The van der Waals surface area contributed by atoms with Crippen LogP contribution >= 0.6 is 11.8 Å². The zero-order valence-corrected chi connectivity index (χ0v) is 17.7. The number of hydrazine groups is 1. The maximum absolute atomic E-state index is 12.2. The first kappa shape index (κ1) is 20.1. The van der Waals surface area contributed by atoms with Crippen molar-refractivity contribution < 1.29 is 14.3 Å². The Labute approximate surface area is 175 Å². The third kappa shape index (κ3) is 4.08. The topological polar surface area (TPSA) is 71.6 Å². The molecular weight excluding hydrogens is 386 g/mol. The van der Waals surface area contributed by atoms with E-state index in [4.69, 9.17) is 9.47 Å². The quantitative estimate of drug-likeness (QED) is 0.700. The molecular formula is C22H27N3O3S. The molecule has 0 saturated carbocycles. The van der Waals surface area contributed by atoms with Crippen LogP contribution in [0.3, 0.4) is 0 Å². The first-order chi connectivity index (χ1) is 14.1. The number of ether oxygens (including phenoxy) is 2. The summed E-state index contributed by atoms with van der Waals surface area (Å²) < 4.78 is 12.0. The molecule has 7 heteroatoms. The Morgan fingerprint density at radius 1 is 1.14 bits per heavy atom. The van der Waals surface area contributed by atoms with Gasteiger partial charge >= 0.3 is 0 Å². The number of aryl methyl sites for hydroxylation is 1. The highest BCUT2D eigenvalue weighted by Gasteiger charge is 2.44. The normalized spacial score (nSPS) is 26.4. The standard InChI is InChI=1S/C22H27N3O3S/c1-13-7-4-5-8-15(13)11-28-20-16(9-6-10-17(20)27-3)21-19-14(2)24-25-22(19)23-18(26)12-29-21/h4-10,14,19,21-22,24-25H,11-12H2,1-3H3,(H,23,26). The molecule has 154 valence electrons. The number of carbonyl (C=O) groups excluding carboxylic acids is 1. The van der Waals surface area contributed by atoms with E-state index in [0.717, 1.165) is 16.9 Å². The van der Waals surface area contributed by atoms with Crippen molar-refractivity contribution in [1.29, 1.82) is 0 Å². The molecule has 29 heavy (non-hydrogen) atoms. The summed E-state index contributed by atoms with van der Waals surface area (Å²) in [6.45, 7) is 4.69. The molecule has 0 aromatic heterocycles. The second kappa shape index (κ2) is 8.65. The molecule has 0 spiro atoms. The van der Waals surface area contributed by atoms with Crippen molar-refractivity contribution in [3.63, 3.8) is 0 Å². The molecule has 2 aliphatic rings. The Balaban J connectivity index is 1.69. The second-order valence-electron chi connectivity index (χ2n) is 7.53. The van der Waals surface area contributed by atoms with Crippen LogP contribution in [-0.2, 0) is 11.4 Å². The molecule has 1 amide bonds. The third-order valence-corrected chi connectivity index (χ3v) is 7.01. The van der Waals surface area contributed by atoms with Gasteiger partial charge in [-0.2, -0.15) is 0 Å². The summed E-state index contributed by atoms with van der Waals surface area (Å²) >= 11 is 1.66. The molecule has 0 aliphatic carbocycles. The second-order valence-corrected chi connectivity index (χ2v) is 8.66. The zero-order valence-electron chi connectivity index (χ0n) is 16.9. The van der Waals surface area contributed by atoms with Gasteiger partial charge in [-0.1, -0.05) is 36.4 Å². The van der Waals surface area contributed by atoms with Crippen LogP contribution in [0.2, 0.25) is 0 Å². The van der Waals surface area contributed by atoms with Gasteiger partial charge in [-0.3, -0.25) is 10.2 Å². The summed E-state index contributed by atoms with van der Waals surface area (Å²) in [6, 6.07) is 14.4. The van der Waals surface area contributed by atoms with Gasteiger partial charge in [-0.15, -0.1) is 11.8 Å². The molecule has 2 fully saturated rings. The molecule has 2 aliphatic heterocycles. The summed E-state index contributed by atoms with van der Waals surface area (Å²) in [5, 5.41) is 3.16. The monoisotopic (exact) mass is 413 g/mol. The molecule has 0 bridgehead atoms. The van der Waals surface area contributed by atoms with Crippen molar-refractivity contribution in [1.82, 2.24) is 16.2 Å². The van der Waals surface area contributed by atoms with Gasteiger partial charge in [-0.05, 0) is 31.0 Å². The van der Waals surface area contributed by atoms with Crippen molar-refractivity contribution in [3.05, 3.63) is 59.2 Å². The van der Waals surface area contributed by atoms with E-state index in [1.165, 1.54) is 5.56 Å². The summed E-state index contributed by atoms with van der Waals surface area (Å²) in [7, 11) is 1.66. The van der Waals surface area contributed by atoms with Gasteiger partial charge in [0.15, 0.2) is 11.5 Å². The van der Waals surface area contributed by atoms with Crippen molar-refractivity contribution in [2.24, 2.45) is 5.92 Å². The number of thioether (sulfide) groups is 1. The molecule has 4 rings (SSSR count). The predicted molar refractivity (Wildman–Crippen MR) is 115 cm³/mol. The number of nitrogens with one attached hydrogen (secondary N) is 3. The summed E-state index contributed by atoms with van der Waals surface area (Å²) in [5.41, 5.74) is 9.90. The van der Waals surface area contributed by atoms with E-state index in [2.05, 4.69) is 48.2 Å². The number of methoxy groups -OCH3 is 1. The minimum Gasteiger partial charge on any atom is -0.493 e. The van der Waals surface area contributed by atoms with E-state index < -0.39 is 0 Å². The van der Waals surface area contributed by atoms with Crippen LogP contribution in [0, 0.1) is 12.8 Å². The first-order valence-electron chi connectivity index (χ1n) is 9.84. The van der Waals surface area contributed by atoms with E-state index in [1.54, 1.807) is 18.9 Å². The van der Waals surface area contributed by atoms with Gasteiger partial charge in [0, 0.05) is 22.8 Å². The Morgan fingerprint density at radius 3 is 2.76 bits per heavy atom. The average Bonchev–Trinajstić information content (AvgIpc) is 2.98. The number of amides is 1. The predicted octanol–water partition coefficient (Wildman–Crippen LogP) is 2.93. The lowest BCUT2D eigenvalue weighted by Gasteiger charge is -2.29. The number of fused-ring (bicyclic) bond motifs is 1. The highest BCUT2D eigenvalue weighted by Crippen LogP contribution is 2.47.